The Morgan fingerprint density at radius 1 is 1.05 bits per heavy atom. The number of methoxy groups -OCH3 is 2. The zero-order chi connectivity index (χ0) is 15.3. The van der Waals surface area contributed by atoms with Crippen molar-refractivity contribution in [1.82, 2.24) is 5.32 Å². The quantitative estimate of drug-likeness (QED) is 0.601. The summed E-state index contributed by atoms with van der Waals surface area (Å²) in [6, 6.07) is 7.79. The van der Waals surface area contributed by atoms with Gasteiger partial charge >= 0.3 is 0 Å². The average Bonchev–Trinajstić information content (AvgIpc) is 2.52. The van der Waals surface area contributed by atoms with Gasteiger partial charge in [0.25, 0.3) is 0 Å². The van der Waals surface area contributed by atoms with Gasteiger partial charge in [0.2, 0.25) is 0 Å². The maximum atomic E-state index is 5.85. The van der Waals surface area contributed by atoms with Crippen LogP contribution in [-0.2, 0) is 4.74 Å². The summed E-state index contributed by atoms with van der Waals surface area (Å²) in [5, 5.41) is 3.44. The van der Waals surface area contributed by atoms with Gasteiger partial charge in [-0.1, -0.05) is 25.5 Å². The molecular formula is C17H29NO3. The van der Waals surface area contributed by atoms with E-state index >= 15 is 0 Å². The van der Waals surface area contributed by atoms with Crippen molar-refractivity contribution in [1.29, 1.82) is 0 Å². The largest absolute Gasteiger partial charge is 0.493 e. The van der Waals surface area contributed by atoms with Gasteiger partial charge in [-0.15, -0.1) is 0 Å². The Kier molecular flexibility index (Phi) is 9.66. The molecular weight excluding hydrogens is 266 g/mol. The van der Waals surface area contributed by atoms with Crippen molar-refractivity contribution in [3.05, 3.63) is 24.3 Å². The summed E-state index contributed by atoms with van der Waals surface area (Å²) in [6.45, 7) is 5.63. The molecule has 1 unspecified atom stereocenters. The first-order valence-corrected chi connectivity index (χ1v) is 7.77. The van der Waals surface area contributed by atoms with Crippen LogP contribution in [0.2, 0.25) is 0 Å². The van der Waals surface area contributed by atoms with Crippen molar-refractivity contribution in [3.8, 4) is 11.5 Å². The summed E-state index contributed by atoms with van der Waals surface area (Å²) in [7, 11) is 3.40. The third-order valence-electron chi connectivity index (χ3n) is 3.47. The van der Waals surface area contributed by atoms with E-state index in [1.54, 1.807) is 14.2 Å². The second kappa shape index (κ2) is 11.4. The Bertz CT molecular complexity index is 371. The first kappa shape index (κ1) is 17.8. The molecule has 0 aromatic heterocycles. The van der Waals surface area contributed by atoms with Crippen LogP contribution >= 0.6 is 0 Å². The topological polar surface area (TPSA) is 39.7 Å². The molecule has 0 radical (unpaired) electrons. The molecule has 1 aromatic rings. The van der Waals surface area contributed by atoms with E-state index in [9.17, 15) is 0 Å². The van der Waals surface area contributed by atoms with E-state index in [-0.39, 0.29) is 0 Å². The van der Waals surface area contributed by atoms with Crippen LogP contribution in [0.1, 0.15) is 26.2 Å². The van der Waals surface area contributed by atoms with Crippen molar-refractivity contribution >= 4 is 0 Å². The highest BCUT2D eigenvalue weighted by Crippen LogP contribution is 2.26. The Balaban J connectivity index is 2.31. The highest BCUT2D eigenvalue weighted by molar-refractivity contribution is 5.39. The van der Waals surface area contributed by atoms with E-state index in [4.69, 9.17) is 14.2 Å². The SMILES string of the molecule is CCCC(CCOc1ccccc1OC)CNCCOC. The molecule has 0 aliphatic rings. The molecule has 0 spiro atoms. The number of benzene rings is 1. The molecule has 1 aromatic carbocycles. The first-order chi connectivity index (χ1) is 10.3. The fraction of sp³-hybridized carbons (Fsp3) is 0.647. The molecule has 0 saturated carbocycles. The molecule has 1 rings (SSSR count). The van der Waals surface area contributed by atoms with Gasteiger partial charge in [-0.3, -0.25) is 0 Å². The van der Waals surface area contributed by atoms with Crippen LogP contribution in [0.3, 0.4) is 0 Å². The summed E-state index contributed by atoms with van der Waals surface area (Å²) >= 11 is 0. The van der Waals surface area contributed by atoms with E-state index in [0.29, 0.717) is 5.92 Å². The van der Waals surface area contributed by atoms with Gasteiger partial charge in [-0.2, -0.15) is 0 Å². The van der Waals surface area contributed by atoms with Gasteiger partial charge in [0, 0.05) is 13.7 Å². The molecule has 0 fully saturated rings. The molecule has 1 N–H and O–H groups in total. The Hall–Kier alpha value is -1.26. The Morgan fingerprint density at radius 3 is 2.48 bits per heavy atom. The summed E-state index contributed by atoms with van der Waals surface area (Å²) in [4.78, 5) is 0. The molecule has 0 bridgehead atoms. The highest BCUT2D eigenvalue weighted by Gasteiger charge is 2.09. The van der Waals surface area contributed by atoms with Crippen molar-refractivity contribution in [2.24, 2.45) is 5.92 Å². The smallest absolute Gasteiger partial charge is 0.161 e. The minimum absolute atomic E-state index is 0.640. The van der Waals surface area contributed by atoms with Gasteiger partial charge in [0.1, 0.15) is 0 Å². The van der Waals surface area contributed by atoms with E-state index in [0.717, 1.165) is 44.2 Å². The van der Waals surface area contributed by atoms with Crippen LogP contribution in [0.5, 0.6) is 11.5 Å². The number of para-hydroxylation sites is 2. The third kappa shape index (κ3) is 7.34. The molecule has 0 amide bonds. The van der Waals surface area contributed by atoms with Gasteiger partial charge < -0.3 is 19.5 Å². The summed E-state index contributed by atoms with van der Waals surface area (Å²) in [5.41, 5.74) is 0. The summed E-state index contributed by atoms with van der Waals surface area (Å²) in [6.07, 6.45) is 3.46. The lowest BCUT2D eigenvalue weighted by atomic mass is 10.0. The molecule has 1 atom stereocenters. The molecule has 21 heavy (non-hydrogen) atoms. The number of nitrogens with one attached hydrogen (secondary N) is 1. The summed E-state index contributed by atoms with van der Waals surface area (Å²) < 4.78 is 16.2. The monoisotopic (exact) mass is 295 g/mol. The second-order valence-corrected chi connectivity index (χ2v) is 5.14. The van der Waals surface area contributed by atoms with Gasteiger partial charge in [-0.05, 0) is 37.4 Å². The lowest BCUT2D eigenvalue weighted by molar-refractivity contribution is 0.195. The predicted octanol–water partition coefficient (Wildman–Crippen LogP) is 3.12. The molecule has 0 aliphatic carbocycles. The van der Waals surface area contributed by atoms with Crippen molar-refractivity contribution in [2.75, 3.05) is 40.5 Å². The number of rotatable bonds is 12. The maximum absolute atomic E-state index is 5.85. The minimum atomic E-state index is 0.640. The molecule has 0 heterocycles. The summed E-state index contributed by atoms with van der Waals surface area (Å²) in [5.74, 6) is 2.26. The van der Waals surface area contributed by atoms with Crippen LogP contribution in [0.4, 0.5) is 0 Å². The zero-order valence-electron chi connectivity index (χ0n) is 13.6. The average molecular weight is 295 g/mol. The lowest BCUT2D eigenvalue weighted by Crippen LogP contribution is -2.27. The lowest BCUT2D eigenvalue weighted by Gasteiger charge is -2.18. The Morgan fingerprint density at radius 2 is 1.81 bits per heavy atom. The minimum Gasteiger partial charge on any atom is -0.493 e. The number of hydrogen-bond donors (Lipinski definition) is 1. The fourth-order valence-electron chi connectivity index (χ4n) is 2.31. The van der Waals surface area contributed by atoms with Crippen molar-refractivity contribution in [3.63, 3.8) is 0 Å². The fourth-order valence-corrected chi connectivity index (χ4v) is 2.31. The molecule has 0 saturated heterocycles. The van der Waals surface area contributed by atoms with E-state index in [1.165, 1.54) is 12.8 Å². The number of ether oxygens (including phenoxy) is 3. The van der Waals surface area contributed by atoms with E-state index in [2.05, 4.69) is 12.2 Å². The second-order valence-electron chi connectivity index (χ2n) is 5.14. The Labute approximate surface area is 128 Å². The first-order valence-electron chi connectivity index (χ1n) is 7.77. The van der Waals surface area contributed by atoms with Crippen LogP contribution in [0.25, 0.3) is 0 Å². The van der Waals surface area contributed by atoms with E-state index < -0.39 is 0 Å². The highest BCUT2D eigenvalue weighted by atomic mass is 16.5. The van der Waals surface area contributed by atoms with Crippen LogP contribution in [0, 0.1) is 5.92 Å². The molecule has 4 heteroatoms. The van der Waals surface area contributed by atoms with Gasteiger partial charge in [0.05, 0.1) is 20.3 Å². The molecule has 120 valence electrons. The van der Waals surface area contributed by atoms with Crippen LogP contribution in [0.15, 0.2) is 24.3 Å². The molecule has 0 aliphatic heterocycles. The van der Waals surface area contributed by atoms with E-state index in [1.807, 2.05) is 24.3 Å². The normalized spacial score (nSPS) is 12.1. The van der Waals surface area contributed by atoms with Gasteiger partial charge in [-0.25, -0.2) is 0 Å². The third-order valence-corrected chi connectivity index (χ3v) is 3.47. The standard InChI is InChI=1S/C17H29NO3/c1-4-7-15(14-18-11-13-19-2)10-12-21-17-9-6-5-8-16(17)20-3/h5-6,8-9,15,18H,4,7,10-14H2,1-3H3. The van der Waals surface area contributed by atoms with Gasteiger partial charge in [0.15, 0.2) is 11.5 Å². The predicted molar refractivity (Wildman–Crippen MR) is 86.2 cm³/mol. The molecule has 4 nitrogen and oxygen atoms in total. The maximum Gasteiger partial charge on any atom is 0.161 e. The van der Waals surface area contributed by atoms with Crippen LogP contribution < -0.4 is 14.8 Å². The van der Waals surface area contributed by atoms with Crippen molar-refractivity contribution < 1.29 is 14.2 Å². The number of hydrogen-bond acceptors (Lipinski definition) is 4. The zero-order valence-corrected chi connectivity index (χ0v) is 13.6. The van der Waals surface area contributed by atoms with Crippen LogP contribution in [-0.4, -0.2) is 40.5 Å². The van der Waals surface area contributed by atoms with Crippen molar-refractivity contribution in [2.45, 2.75) is 26.2 Å².